The van der Waals surface area contributed by atoms with Crippen LogP contribution >= 0.6 is 0 Å². The number of benzene rings is 1. The standard InChI is InChI=1S/C15H21FN2O3/c1-4-7-17-13-9-14(15(13,2)3)21-12-8-10(16)5-6-11(12)18(19)20/h5-6,8,13-14,17H,4,7,9H2,1-3H3. The van der Waals surface area contributed by atoms with Gasteiger partial charge in [0.15, 0.2) is 5.75 Å². The van der Waals surface area contributed by atoms with E-state index in [0.717, 1.165) is 37.6 Å². The molecule has 0 heterocycles. The van der Waals surface area contributed by atoms with Crippen LogP contribution in [0.1, 0.15) is 33.6 Å². The van der Waals surface area contributed by atoms with Crippen molar-refractivity contribution in [2.75, 3.05) is 6.54 Å². The van der Waals surface area contributed by atoms with Crippen molar-refractivity contribution in [1.29, 1.82) is 0 Å². The van der Waals surface area contributed by atoms with Gasteiger partial charge in [0.05, 0.1) is 4.92 Å². The fourth-order valence-corrected chi connectivity index (χ4v) is 2.64. The second-order valence-corrected chi connectivity index (χ2v) is 6.04. The van der Waals surface area contributed by atoms with Gasteiger partial charge in [0.2, 0.25) is 0 Å². The maximum Gasteiger partial charge on any atom is 0.311 e. The molecule has 0 spiro atoms. The Balaban J connectivity index is 2.10. The molecule has 0 aromatic heterocycles. The van der Waals surface area contributed by atoms with E-state index in [2.05, 4.69) is 26.1 Å². The van der Waals surface area contributed by atoms with Crippen molar-refractivity contribution < 1.29 is 14.1 Å². The predicted octanol–water partition coefficient (Wildman–Crippen LogP) is 3.28. The first kappa shape index (κ1) is 15.7. The van der Waals surface area contributed by atoms with E-state index < -0.39 is 10.7 Å². The molecule has 1 aromatic rings. The highest BCUT2D eigenvalue weighted by molar-refractivity contribution is 5.46. The Hall–Kier alpha value is -1.69. The summed E-state index contributed by atoms with van der Waals surface area (Å²) >= 11 is 0. The lowest BCUT2D eigenvalue weighted by atomic mass is 9.64. The summed E-state index contributed by atoms with van der Waals surface area (Å²) in [6.45, 7) is 7.14. The predicted molar refractivity (Wildman–Crippen MR) is 78.0 cm³/mol. The van der Waals surface area contributed by atoms with E-state index in [1.807, 2.05) is 0 Å². The minimum absolute atomic E-state index is 0.00650. The third-order valence-electron chi connectivity index (χ3n) is 4.21. The molecule has 116 valence electrons. The highest BCUT2D eigenvalue weighted by Gasteiger charge is 2.50. The summed E-state index contributed by atoms with van der Waals surface area (Å²) in [5.74, 6) is -0.527. The quantitative estimate of drug-likeness (QED) is 0.646. The first-order valence-corrected chi connectivity index (χ1v) is 7.20. The molecule has 21 heavy (non-hydrogen) atoms. The van der Waals surface area contributed by atoms with Gasteiger partial charge >= 0.3 is 5.69 Å². The number of ether oxygens (including phenoxy) is 1. The van der Waals surface area contributed by atoms with Gasteiger partial charge in [-0.25, -0.2) is 4.39 Å². The van der Waals surface area contributed by atoms with Gasteiger partial charge in [0, 0.05) is 30.0 Å². The van der Waals surface area contributed by atoms with E-state index in [-0.39, 0.29) is 23.0 Å². The van der Waals surface area contributed by atoms with E-state index in [4.69, 9.17) is 4.74 Å². The van der Waals surface area contributed by atoms with E-state index >= 15 is 0 Å². The molecule has 1 saturated carbocycles. The molecule has 1 N–H and O–H groups in total. The van der Waals surface area contributed by atoms with Gasteiger partial charge in [-0.15, -0.1) is 0 Å². The zero-order chi connectivity index (χ0) is 15.6. The largest absolute Gasteiger partial charge is 0.483 e. The lowest BCUT2D eigenvalue weighted by molar-refractivity contribution is -0.386. The van der Waals surface area contributed by atoms with Crippen molar-refractivity contribution in [2.45, 2.75) is 45.8 Å². The molecule has 6 heteroatoms. The number of rotatable bonds is 6. The van der Waals surface area contributed by atoms with Crippen LogP contribution in [0.15, 0.2) is 18.2 Å². The summed E-state index contributed by atoms with van der Waals surface area (Å²) in [4.78, 5) is 10.4. The Labute approximate surface area is 123 Å². The van der Waals surface area contributed by atoms with Crippen LogP contribution in [0.25, 0.3) is 0 Å². The minimum atomic E-state index is -0.548. The second-order valence-electron chi connectivity index (χ2n) is 6.04. The monoisotopic (exact) mass is 296 g/mol. The van der Waals surface area contributed by atoms with Crippen LogP contribution in [0.2, 0.25) is 0 Å². The first-order valence-electron chi connectivity index (χ1n) is 7.20. The molecule has 1 aliphatic rings. The average Bonchev–Trinajstić information content (AvgIpc) is 2.41. The van der Waals surface area contributed by atoms with E-state index in [1.165, 1.54) is 0 Å². The summed E-state index contributed by atoms with van der Waals surface area (Å²) in [6, 6.07) is 3.61. The molecule has 2 rings (SSSR count). The molecule has 0 radical (unpaired) electrons. The molecule has 1 aromatic carbocycles. The van der Waals surface area contributed by atoms with Crippen molar-refractivity contribution in [1.82, 2.24) is 5.32 Å². The fraction of sp³-hybridized carbons (Fsp3) is 0.600. The zero-order valence-electron chi connectivity index (χ0n) is 12.6. The van der Waals surface area contributed by atoms with Gasteiger partial charge in [-0.2, -0.15) is 0 Å². The van der Waals surface area contributed by atoms with Crippen LogP contribution in [0.4, 0.5) is 10.1 Å². The van der Waals surface area contributed by atoms with Crippen LogP contribution in [0, 0.1) is 21.3 Å². The highest BCUT2D eigenvalue weighted by Crippen LogP contribution is 2.44. The van der Waals surface area contributed by atoms with Crippen LogP contribution in [0.3, 0.4) is 0 Å². The molecule has 1 fully saturated rings. The van der Waals surface area contributed by atoms with E-state index in [0.29, 0.717) is 6.04 Å². The Kier molecular flexibility index (Phi) is 4.46. The number of nitro benzene ring substituents is 1. The molecule has 0 amide bonds. The molecule has 2 atom stereocenters. The van der Waals surface area contributed by atoms with Crippen molar-refractivity contribution in [2.24, 2.45) is 5.41 Å². The summed E-state index contributed by atoms with van der Waals surface area (Å²) in [7, 11) is 0. The topological polar surface area (TPSA) is 64.4 Å². The highest BCUT2D eigenvalue weighted by atomic mass is 19.1. The van der Waals surface area contributed by atoms with Crippen molar-refractivity contribution >= 4 is 5.69 Å². The summed E-state index contributed by atoms with van der Waals surface area (Å²) in [6.07, 6.45) is 1.65. The minimum Gasteiger partial charge on any atom is -0.483 e. The van der Waals surface area contributed by atoms with Gasteiger partial charge in [0.25, 0.3) is 0 Å². The Morgan fingerprint density at radius 2 is 2.24 bits per heavy atom. The van der Waals surface area contributed by atoms with Crippen LogP contribution in [0.5, 0.6) is 5.75 Å². The van der Waals surface area contributed by atoms with Gasteiger partial charge in [0.1, 0.15) is 11.9 Å². The number of nitrogens with zero attached hydrogens (tertiary/aromatic N) is 1. The maximum absolute atomic E-state index is 13.3. The van der Waals surface area contributed by atoms with Crippen LogP contribution in [-0.2, 0) is 0 Å². The van der Waals surface area contributed by atoms with Gasteiger partial charge in [-0.05, 0) is 19.0 Å². The van der Waals surface area contributed by atoms with E-state index in [1.54, 1.807) is 0 Å². The number of nitrogens with one attached hydrogen (secondary N) is 1. The third kappa shape index (κ3) is 3.15. The summed E-state index contributed by atoms with van der Waals surface area (Å²) < 4.78 is 19.0. The summed E-state index contributed by atoms with van der Waals surface area (Å²) in [5, 5.41) is 14.4. The molecule has 0 saturated heterocycles. The molecule has 0 aliphatic heterocycles. The van der Waals surface area contributed by atoms with Crippen molar-refractivity contribution in [3.8, 4) is 5.75 Å². The lowest BCUT2D eigenvalue weighted by Crippen LogP contribution is -2.62. The third-order valence-corrected chi connectivity index (χ3v) is 4.21. The molecular weight excluding hydrogens is 275 g/mol. The van der Waals surface area contributed by atoms with Crippen LogP contribution in [-0.4, -0.2) is 23.6 Å². The van der Waals surface area contributed by atoms with Crippen LogP contribution < -0.4 is 10.1 Å². The number of halogens is 1. The number of hydrogen-bond acceptors (Lipinski definition) is 4. The fourth-order valence-electron chi connectivity index (χ4n) is 2.64. The second kappa shape index (κ2) is 5.97. The number of nitro groups is 1. The number of hydrogen-bond donors (Lipinski definition) is 1. The Morgan fingerprint density at radius 3 is 2.81 bits per heavy atom. The van der Waals surface area contributed by atoms with E-state index in [9.17, 15) is 14.5 Å². The lowest BCUT2D eigenvalue weighted by Gasteiger charge is -2.51. The molecular formula is C15H21FN2O3. The normalized spacial score (nSPS) is 23.4. The molecule has 5 nitrogen and oxygen atoms in total. The molecule has 0 bridgehead atoms. The smallest absolute Gasteiger partial charge is 0.311 e. The van der Waals surface area contributed by atoms with Crippen molar-refractivity contribution in [3.63, 3.8) is 0 Å². The average molecular weight is 296 g/mol. The maximum atomic E-state index is 13.3. The molecule has 2 unspecified atom stereocenters. The Bertz CT molecular complexity index is 534. The first-order chi connectivity index (χ1) is 9.86. The van der Waals surface area contributed by atoms with Gasteiger partial charge in [-0.3, -0.25) is 10.1 Å². The van der Waals surface area contributed by atoms with Crippen molar-refractivity contribution in [3.05, 3.63) is 34.1 Å². The summed E-state index contributed by atoms with van der Waals surface area (Å²) in [5.41, 5.74) is -0.341. The van der Waals surface area contributed by atoms with Gasteiger partial charge < -0.3 is 10.1 Å². The molecule has 1 aliphatic carbocycles. The SMILES string of the molecule is CCCNC1CC(Oc2cc(F)ccc2[N+](=O)[O-])C1(C)C. The Morgan fingerprint density at radius 1 is 1.52 bits per heavy atom. The zero-order valence-corrected chi connectivity index (χ0v) is 12.6. The van der Waals surface area contributed by atoms with Gasteiger partial charge in [-0.1, -0.05) is 20.8 Å².